The van der Waals surface area contributed by atoms with Gasteiger partial charge in [0, 0.05) is 11.6 Å². The van der Waals surface area contributed by atoms with Crippen LogP contribution >= 0.6 is 23.2 Å². The summed E-state index contributed by atoms with van der Waals surface area (Å²) in [6, 6.07) is 0. The lowest BCUT2D eigenvalue weighted by Gasteiger charge is -2.06. The summed E-state index contributed by atoms with van der Waals surface area (Å²) in [7, 11) is 1.23. The number of methoxy groups -OCH3 is 1. The first-order chi connectivity index (χ1) is 8.47. The van der Waals surface area contributed by atoms with Crippen molar-refractivity contribution in [1.29, 1.82) is 0 Å². The summed E-state index contributed by atoms with van der Waals surface area (Å²) in [6.45, 7) is 0. The number of hydrogen-bond acceptors (Lipinski definition) is 5. The largest absolute Gasteiger partial charge is 0.479 e. The van der Waals surface area contributed by atoms with Crippen LogP contribution in [0.1, 0.15) is 0 Å². The topological polar surface area (TPSA) is 78.2 Å². The van der Waals surface area contributed by atoms with E-state index in [0.29, 0.717) is 0 Å². The summed E-state index contributed by atoms with van der Waals surface area (Å²) < 4.78 is 18.5. The average Bonchev–Trinajstić information content (AvgIpc) is 2.30. The third-order valence-electron chi connectivity index (χ3n) is 2.19. The smallest absolute Gasteiger partial charge is 0.325 e. The molecule has 2 aromatic heterocycles. The van der Waals surface area contributed by atoms with Crippen molar-refractivity contribution in [3.63, 3.8) is 0 Å². The molecule has 0 aliphatic heterocycles. The Balaban J connectivity index is 2.90. The molecular weight excluding hydrogens is 288 g/mol. The molecule has 94 valence electrons. The van der Waals surface area contributed by atoms with Crippen LogP contribution in [0.4, 0.5) is 10.1 Å². The van der Waals surface area contributed by atoms with Gasteiger partial charge in [-0.1, -0.05) is 23.2 Å². The van der Waals surface area contributed by atoms with E-state index >= 15 is 0 Å². The van der Waals surface area contributed by atoms with Gasteiger partial charge in [-0.15, -0.1) is 0 Å². The van der Waals surface area contributed by atoms with E-state index < -0.39 is 21.6 Å². The van der Waals surface area contributed by atoms with Gasteiger partial charge in [0.05, 0.1) is 12.0 Å². The summed E-state index contributed by atoms with van der Waals surface area (Å²) in [6.07, 6.45) is 1.13. The second-order valence-electron chi connectivity index (χ2n) is 3.17. The van der Waals surface area contributed by atoms with Gasteiger partial charge in [0.1, 0.15) is 10.5 Å². The number of aromatic nitrogens is 2. The van der Waals surface area contributed by atoms with E-state index in [4.69, 9.17) is 23.2 Å². The van der Waals surface area contributed by atoms with E-state index in [2.05, 4.69) is 14.7 Å². The molecule has 2 aromatic rings. The first kappa shape index (κ1) is 12.7. The van der Waals surface area contributed by atoms with Gasteiger partial charge < -0.3 is 4.74 Å². The predicted octanol–water partition coefficient (Wildman–Crippen LogP) is 2.99. The summed E-state index contributed by atoms with van der Waals surface area (Å²) in [5.74, 6) is -1.18. The maximum absolute atomic E-state index is 13.8. The lowest BCUT2D eigenvalue weighted by molar-refractivity contribution is -0.384. The molecule has 0 aromatic carbocycles. The molecule has 0 amide bonds. The highest BCUT2D eigenvalue weighted by molar-refractivity contribution is 6.41. The Morgan fingerprint density at radius 1 is 1.50 bits per heavy atom. The van der Waals surface area contributed by atoms with E-state index in [-0.39, 0.29) is 21.8 Å². The van der Waals surface area contributed by atoms with Gasteiger partial charge in [0.25, 0.3) is 5.88 Å². The van der Waals surface area contributed by atoms with Gasteiger partial charge in [-0.05, 0) is 0 Å². The van der Waals surface area contributed by atoms with E-state index in [1.54, 1.807) is 0 Å². The van der Waals surface area contributed by atoms with Gasteiger partial charge in [0.15, 0.2) is 0 Å². The highest BCUT2D eigenvalue weighted by atomic mass is 35.5. The van der Waals surface area contributed by atoms with E-state index in [1.165, 1.54) is 7.11 Å². The van der Waals surface area contributed by atoms with Crippen molar-refractivity contribution in [2.75, 3.05) is 7.11 Å². The van der Waals surface area contributed by atoms with E-state index in [9.17, 15) is 14.5 Å². The van der Waals surface area contributed by atoms with Gasteiger partial charge in [0.2, 0.25) is 11.0 Å². The van der Waals surface area contributed by atoms with Gasteiger partial charge in [-0.25, -0.2) is 9.97 Å². The van der Waals surface area contributed by atoms with Crippen molar-refractivity contribution < 1.29 is 14.1 Å². The maximum atomic E-state index is 13.8. The zero-order valence-corrected chi connectivity index (χ0v) is 10.3. The number of nitro groups is 1. The number of fused-ring (bicyclic) bond motifs is 1. The second-order valence-corrected chi connectivity index (χ2v) is 3.90. The third-order valence-corrected chi connectivity index (χ3v) is 2.83. The molecule has 0 fully saturated rings. The Hall–Kier alpha value is -1.73. The molecule has 0 bridgehead atoms. The van der Waals surface area contributed by atoms with Crippen molar-refractivity contribution in [3.8, 4) is 5.88 Å². The van der Waals surface area contributed by atoms with Gasteiger partial charge in [-0.2, -0.15) is 4.39 Å². The van der Waals surface area contributed by atoms with Crippen LogP contribution in [0.2, 0.25) is 10.2 Å². The Bertz CT molecular complexity index is 665. The minimum atomic E-state index is -0.881. The van der Waals surface area contributed by atoms with Crippen LogP contribution < -0.4 is 4.74 Å². The van der Waals surface area contributed by atoms with Crippen molar-refractivity contribution >= 4 is 39.8 Å². The van der Waals surface area contributed by atoms with E-state index in [0.717, 1.165) is 6.20 Å². The molecule has 6 nitrogen and oxygen atoms in total. The number of hydrogen-bond donors (Lipinski definition) is 0. The molecule has 0 unspecified atom stereocenters. The predicted molar refractivity (Wildman–Crippen MR) is 62.7 cm³/mol. The van der Waals surface area contributed by atoms with Crippen molar-refractivity contribution in [3.05, 3.63) is 32.3 Å². The summed E-state index contributed by atoms with van der Waals surface area (Å²) in [4.78, 5) is 17.2. The number of rotatable bonds is 2. The van der Waals surface area contributed by atoms with Crippen molar-refractivity contribution in [2.45, 2.75) is 0 Å². The maximum Gasteiger partial charge on any atom is 0.325 e. The summed E-state index contributed by atoms with van der Waals surface area (Å²) in [5.41, 5.74) is -0.820. The van der Waals surface area contributed by atoms with Gasteiger partial charge >= 0.3 is 5.69 Å². The molecule has 2 rings (SSSR count). The van der Waals surface area contributed by atoms with Crippen LogP contribution in [0.15, 0.2) is 6.20 Å². The lowest BCUT2D eigenvalue weighted by Crippen LogP contribution is -1.99. The third kappa shape index (κ3) is 1.81. The highest BCUT2D eigenvalue weighted by Crippen LogP contribution is 2.38. The van der Waals surface area contributed by atoms with Gasteiger partial charge in [-0.3, -0.25) is 10.1 Å². The molecule has 18 heavy (non-hydrogen) atoms. The van der Waals surface area contributed by atoms with Crippen LogP contribution in [0.3, 0.4) is 0 Å². The molecule has 9 heteroatoms. The number of halogens is 3. The Morgan fingerprint density at radius 2 is 2.17 bits per heavy atom. The second kappa shape index (κ2) is 4.51. The quantitative estimate of drug-likeness (QED) is 0.483. The SMILES string of the molecule is COc1ncc2c(Cl)c([N+](=O)[O-])c(Cl)nc2c1F. The van der Waals surface area contributed by atoms with Crippen LogP contribution in [0.25, 0.3) is 10.9 Å². The molecule has 2 heterocycles. The molecule has 0 saturated carbocycles. The zero-order chi connectivity index (χ0) is 13.4. The van der Waals surface area contributed by atoms with Crippen LogP contribution in [-0.4, -0.2) is 22.0 Å². The molecule has 0 spiro atoms. The summed E-state index contributed by atoms with van der Waals surface area (Å²) in [5, 5.41) is 9.93. The van der Waals surface area contributed by atoms with Crippen molar-refractivity contribution in [1.82, 2.24) is 9.97 Å². The first-order valence-corrected chi connectivity index (χ1v) is 5.24. The number of ether oxygens (including phenoxy) is 1. The fourth-order valence-electron chi connectivity index (χ4n) is 1.40. The monoisotopic (exact) mass is 291 g/mol. The highest BCUT2D eigenvalue weighted by Gasteiger charge is 2.25. The Morgan fingerprint density at radius 3 is 2.72 bits per heavy atom. The Labute approximate surface area is 109 Å². The molecule has 0 aliphatic rings. The number of nitrogens with zero attached hydrogens (tertiary/aromatic N) is 3. The van der Waals surface area contributed by atoms with E-state index in [1.807, 2.05) is 0 Å². The number of pyridine rings is 2. The molecular formula is C9H4Cl2FN3O3. The Kier molecular flexibility index (Phi) is 3.18. The molecule has 0 atom stereocenters. The minimum Gasteiger partial charge on any atom is -0.479 e. The lowest BCUT2D eigenvalue weighted by atomic mass is 10.2. The first-order valence-electron chi connectivity index (χ1n) is 4.49. The average molecular weight is 292 g/mol. The van der Waals surface area contributed by atoms with Crippen LogP contribution in [-0.2, 0) is 0 Å². The standard InChI is InChI=1S/C9H4Cl2FN3O3/c1-18-9-5(12)6-3(2-13-9)4(10)7(15(16)17)8(11)14-6/h2H,1H3. The van der Waals surface area contributed by atoms with Crippen LogP contribution in [0, 0.1) is 15.9 Å². The minimum absolute atomic E-state index is 0.00827. The normalized spacial score (nSPS) is 10.7. The fourth-order valence-corrected chi connectivity index (χ4v) is 1.99. The molecule has 0 saturated heterocycles. The van der Waals surface area contributed by atoms with Crippen LogP contribution in [0.5, 0.6) is 5.88 Å². The summed E-state index contributed by atoms with van der Waals surface area (Å²) >= 11 is 11.4. The molecule has 0 aliphatic carbocycles. The molecule has 0 N–H and O–H groups in total. The molecule has 0 radical (unpaired) electrons. The van der Waals surface area contributed by atoms with Crippen molar-refractivity contribution in [2.24, 2.45) is 0 Å². The fraction of sp³-hybridized carbons (Fsp3) is 0.111. The zero-order valence-electron chi connectivity index (χ0n) is 8.78.